The summed E-state index contributed by atoms with van der Waals surface area (Å²) in [4.78, 5) is 4.58. The lowest BCUT2D eigenvalue weighted by atomic mass is 10.2. The van der Waals surface area contributed by atoms with Gasteiger partial charge < -0.3 is 10.2 Å². The number of nitrogens with one attached hydrogen (secondary N) is 1. The SMILES string of the molecule is CN(CCN1CCNCC1)Cc1ccc(Cl)cc1F. The van der Waals surface area contributed by atoms with Gasteiger partial charge in [-0.3, -0.25) is 4.90 Å². The van der Waals surface area contributed by atoms with Gasteiger partial charge in [-0.1, -0.05) is 17.7 Å². The zero-order valence-electron chi connectivity index (χ0n) is 11.3. The van der Waals surface area contributed by atoms with Crippen LogP contribution in [0.4, 0.5) is 4.39 Å². The molecular weight excluding hydrogens is 265 g/mol. The average molecular weight is 286 g/mol. The van der Waals surface area contributed by atoms with Gasteiger partial charge in [-0.25, -0.2) is 4.39 Å². The van der Waals surface area contributed by atoms with Gasteiger partial charge in [-0.2, -0.15) is 0 Å². The van der Waals surface area contributed by atoms with Crippen molar-refractivity contribution in [2.75, 3.05) is 46.3 Å². The Balaban J connectivity index is 1.78. The summed E-state index contributed by atoms with van der Waals surface area (Å²) < 4.78 is 13.7. The smallest absolute Gasteiger partial charge is 0.129 e. The third-order valence-electron chi connectivity index (χ3n) is 3.46. The summed E-state index contributed by atoms with van der Waals surface area (Å²) in [5.74, 6) is -0.221. The molecule has 1 aliphatic heterocycles. The summed E-state index contributed by atoms with van der Waals surface area (Å²) in [5, 5.41) is 3.79. The van der Waals surface area contributed by atoms with E-state index in [-0.39, 0.29) is 5.82 Å². The maximum absolute atomic E-state index is 13.7. The zero-order valence-corrected chi connectivity index (χ0v) is 12.1. The molecule has 0 aliphatic carbocycles. The predicted molar refractivity (Wildman–Crippen MR) is 77.1 cm³/mol. The summed E-state index contributed by atoms with van der Waals surface area (Å²) >= 11 is 5.75. The van der Waals surface area contributed by atoms with Crippen molar-refractivity contribution in [1.29, 1.82) is 0 Å². The molecule has 1 heterocycles. The van der Waals surface area contributed by atoms with E-state index in [0.29, 0.717) is 17.1 Å². The van der Waals surface area contributed by atoms with E-state index in [2.05, 4.69) is 15.1 Å². The standard InChI is InChI=1S/C14H21ClFN3/c1-18(8-9-19-6-4-17-5-7-19)11-12-2-3-13(15)10-14(12)16/h2-3,10,17H,4-9,11H2,1H3. The fourth-order valence-electron chi connectivity index (χ4n) is 2.27. The van der Waals surface area contributed by atoms with Crippen molar-refractivity contribution < 1.29 is 4.39 Å². The molecule has 1 fully saturated rings. The molecule has 1 aromatic carbocycles. The van der Waals surface area contributed by atoms with Crippen molar-refractivity contribution in [3.05, 3.63) is 34.6 Å². The molecule has 1 saturated heterocycles. The molecule has 2 rings (SSSR count). The monoisotopic (exact) mass is 285 g/mol. The lowest BCUT2D eigenvalue weighted by Gasteiger charge is -2.29. The van der Waals surface area contributed by atoms with Gasteiger partial charge in [-0.15, -0.1) is 0 Å². The second-order valence-electron chi connectivity index (χ2n) is 5.07. The van der Waals surface area contributed by atoms with Gasteiger partial charge in [0.25, 0.3) is 0 Å². The molecule has 1 aliphatic rings. The van der Waals surface area contributed by atoms with Crippen LogP contribution < -0.4 is 5.32 Å². The maximum Gasteiger partial charge on any atom is 0.129 e. The number of hydrogen-bond acceptors (Lipinski definition) is 3. The van der Waals surface area contributed by atoms with Crippen LogP contribution in [0.2, 0.25) is 5.02 Å². The van der Waals surface area contributed by atoms with Gasteiger partial charge in [0.05, 0.1) is 0 Å². The Bertz CT molecular complexity index is 408. The molecule has 0 unspecified atom stereocenters. The molecule has 5 heteroatoms. The van der Waals surface area contributed by atoms with Crippen LogP contribution in [0.3, 0.4) is 0 Å². The van der Waals surface area contributed by atoms with E-state index in [0.717, 1.165) is 39.3 Å². The minimum atomic E-state index is -0.221. The molecule has 0 aromatic heterocycles. The third-order valence-corrected chi connectivity index (χ3v) is 3.70. The van der Waals surface area contributed by atoms with Gasteiger partial charge in [0, 0.05) is 56.4 Å². The van der Waals surface area contributed by atoms with E-state index in [9.17, 15) is 4.39 Å². The lowest BCUT2D eigenvalue weighted by Crippen LogP contribution is -2.45. The highest BCUT2D eigenvalue weighted by atomic mass is 35.5. The van der Waals surface area contributed by atoms with Crippen LogP contribution in [0, 0.1) is 5.82 Å². The molecule has 106 valence electrons. The normalized spacial score (nSPS) is 17.1. The van der Waals surface area contributed by atoms with Gasteiger partial charge in [0.15, 0.2) is 0 Å². The molecule has 0 spiro atoms. The summed E-state index contributed by atoms with van der Waals surface area (Å²) in [6, 6.07) is 4.88. The topological polar surface area (TPSA) is 18.5 Å². The summed E-state index contributed by atoms with van der Waals surface area (Å²) in [5.41, 5.74) is 0.701. The van der Waals surface area contributed by atoms with Crippen LogP contribution in [0.15, 0.2) is 18.2 Å². The quantitative estimate of drug-likeness (QED) is 0.890. The molecule has 0 radical (unpaired) electrons. The molecule has 0 amide bonds. The van der Waals surface area contributed by atoms with Crippen molar-refractivity contribution in [1.82, 2.24) is 15.1 Å². The van der Waals surface area contributed by atoms with Crippen LogP contribution in [0.1, 0.15) is 5.56 Å². The van der Waals surface area contributed by atoms with Crippen LogP contribution in [0.5, 0.6) is 0 Å². The Morgan fingerprint density at radius 3 is 2.79 bits per heavy atom. The largest absolute Gasteiger partial charge is 0.314 e. The Morgan fingerprint density at radius 2 is 2.11 bits per heavy atom. The van der Waals surface area contributed by atoms with Gasteiger partial charge >= 0.3 is 0 Å². The highest BCUT2D eigenvalue weighted by Gasteiger charge is 2.11. The van der Waals surface area contributed by atoms with E-state index in [4.69, 9.17) is 11.6 Å². The van der Waals surface area contributed by atoms with E-state index in [1.807, 2.05) is 7.05 Å². The van der Waals surface area contributed by atoms with E-state index < -0.39 is 0 Å². The van der Waals surface area contributed by atoms with Crippen molar-refractivity contribution in [2.45, 2.75) is 6.54 Å². The number of nitrogens with zero attached hydrogens (tertiary/aromatic N) is 2. The van der Waals surface area contributed by atoms with E-state index >= 15 is 0 Å². The fourth-order valence-corrected chi connectivity index (χ4v) is 2.43. The molecule has 3 nitrogen and oxygen atoms in total. The first-order valence-corrected chi connectivity index (χ1v) is 7.08. The second kappa shape index (κ2) is 7.20. The van der Waals surface area contributed by atoms with Crippen LogP contribution in [-0.4, -0.2) is 56.1 Å². The number of rotatable bonds is 5. The van der Waals surface area contributed by atoms with Crippen molar-refractivity contribution in [2.24, 2.45) is 0 Å². The molecule has 0 bridgehead atoms. The number of likely N-dealkylation sites (N-methyl/N-ethyl adjacent to an activating group) is 1. The van der Waals surface area contributed by atoms with E-state index in [1.165, 1.54) is 6.07 Å². The summed E-state index contributed by atoms with van der Waals surface area (Å²) in [6.07, 6.45) is 0. The summed E-state index contributed by atoms with van der Waals surface area (Å²) in [7, 11) is 2.02. The first kappa shape index (κ1) is 14.7. The number of benzene rings is 1. The number of hydrogen-bond donors (Lipinski definition) is 1. The van der Waals surface area contributed by atoms with E-state index in [1.54, 1.807) is 12.1 Å². The van der Waals surface area contributed by atoms with Crippen molar-refractivity contribution >= 4 is 11.6 Å². The minimum Gasteiger partial charge on any atom is -0.314 e. The third kappa shape index (κ3) is 4.73. The second-order valence-corrected chi connectivity index (χ2v) is 5.50. The van der Waals surface area contributed by atoms with Gasteiger partial charge in [-0.05, 0) is 19.2 Å². The Hall–Kier alpha value is -0.680. The highest BCUT2D eigenvalue weighted by molar-refractivity contribution is 6.30. The number of halogens is 2. The molecular formula is C14H21ClFN3. The fraction of sp³-hybridized carbons (Fsp3) is 0.571. The molecule has 0 atom stereocenters. The molecule has 19 heavy (non-hydrogen) atoms. The zero-order chi connectivity index (χ0) is 13.7. The number of piperazine rings is 1. The summed E-state index contributed by atoms with van der Waals surface area (Å²) in [6.45, 7) is 6.93. The average Bonchev–Trinajstić information content (AvgIpc) is 2.41. The Morgan fingerprint density at radius 1 is 1.37 bits per heavy atom. The molecule has 0 saturated carbocycles. The first-order chi connectivity index (χ1) is 9.15. The Labute approximate surface area is 119 Å². The van der Waals surface area contributed by atoms with Gasteiger partial charge in [0.2, 0.25) is 0 Å². The maximum atomic E-state index is 13.7. The highest BCUT2D eigenvalue weighted by Crippen LogP contribution is 2.15. The van der Waals surface area contributed by atoms with Gasteiger partial charge in [0.1, 0.15) is 5.82 Å². The van der Waals surface area contributed by atoms with Crippen LogP contribution in [-0.2, 0) is 6.54 Å². The lowest BCUT2D eigenvalue weighted by molar-refractivity contribution is 0.201. The van der Waals surface area contributed by atoms with Crippen molar-refractivity contribution in [3.8, 4) is 0 Å². The first-order valence-electron chi connectivity index (χ1n) is 6.71. The molecule has 1 N–H and O–H groups in total. The minimum absolute atomic E-state index is 0.221. The molecule has 1 aromatic rings. The predicted octanol–water partition coefficient (Wildman–Crippen LogP) is 1.82. The van der Waals surface area contributed by atoms with Crippen LogP contribution >= 0.6 is 11.6 Å². The Kier molecular flexibility index (Phi) is 5.58. The van der Waals surface area contributed by atoms with Crippen LogP contribution in [0.25, 0.3) is 0 Å². The van der Waals surface area contributed by atoms with Crippen molar-refractivity contribution in [3.63, 3.8) is 0 Å².